The SMILES string of the molecule is N#CC1CCCC1NC(=O)c1cc(F)c(F)c(F)c1. The fraction of sp³-hybridized carbons (Fsp3) is 0.385. The summed E-state index contributed by atoms with van der Waals surface area (Å²) in [5, 5.41) is 11.4. The number of hydrogen-bond donors (Lipinski definition) is 1. The Morgan fingerprint density at radius 2 is 1.89 bits per heavy atom. The first-order chi connectivity index (χ1) is 9.02. The van der Waals surface area contributed by atoms with Gasteiger partial charge in [0.2, 0.25) is 0 Å². The molecule has 0 spiro atoms. The van der Waals surface area contributed by atoms with Crippen LogP contribution in [0.2, 0.25) is 0 Å². The van der Waals surface area contributed by atoms with E-state index in [2.05, 4.69) is 11.4 Å². The number of nitrogens with one attached hydrogen (secondary N) is 1. The highest BCUT2D eigenvalue weighted by Gasteiger charge is 2.29. The molecule has 2 rings (SSSR count). The number of amides is 1. The van der Waals surface area contributed by atoms with Crippen LogP contribution in [0, 0.1) is 34.7 Å². The van der Waals surface area contributed by atoms with E-state index >= 15 is 0 Å². The van der Waals surface area contributed by atoms with Gasteiger partial charge in [0, 0.05) is 11.6 Å². The average Bonchev–Trinajstić information content (AvgIpc) is 2.82. The summed E-state index contributed by atoms with van der Waals surface area (Å²) in [4.78, 5) is 11.8. The molecule has 0 radical (unpaired) electrons. The van der Waals surface area contributed by atoms with E-state index in [0.29, 0.717) is 25.0 Å². The highest BCUT2D eigenvalue weighted by molar-refractivity contribution is 5.94. The van der Waals surface area contributed by atoms with Gasteiger partial charge in [0.1, 0.15) is 0 Å². The number of halogens is 3. The van der Waals surface area contributed by atoms with Gasteiger partial charge >= 0.3 is 0 Å². The Morgan fingerprint density at radius 3 is 2.47 bits per heavy atom. The summed E-state index contributed by atoms with van der Waals surface area (Å²) in [6.45, 7) is 0. The van der Waals surface area contributed by atoms with Crippen LogP contribution >= 0.6 is 0 Å². The van der Waals surface area contributed by atoms with Gasteiger partial charge in [-0.15, -0.1) is 0 Å². The Morgan fingerprint density at radius 1 is 1.26 bits per heavy atom. The molecule has 1 aromatic rings. The van der Waals surface area contributed by atoms with Crippen molar-refractivity contribution >= 4 is 5.91 Å². The van der Waals surface area contributed by atoms with Crippen LogP contribution in [0.1, 0.15) is 29.6 Å². The fourth-order valence-corrected chi connectivity index (χ4v) is 2.23. The van der Waals surface area contributed by atoms with Crippen molar-refractivity contribution in [2.24, 2.45) is 5.92 Å². The number of rotatable bonds is 2. The number of hydrogen-bond acceptors (Lipinski definition) is 2. The van der Waals surface area contributed by atoms with E-state index < -0.39 is 23.4 Å². The van der Waals surface area contributed by atoms with Gasteiger partial charge in [0.05, 0.1) is 12.0 Å². The highest BCUT2D eigenvalue weighted by Crippen LogP contribution is 2.25. The Hall–Kier alpha value is -2.03. The van der Waals surface area contributed by atoms with Crippen LogP contribution in [0.5, 0.6) is 0 Å². The maximum Gasteiger partial charge on any atom is 0.251 e. The molecule has 1 aliphatic rings. The lowest BCUT2D eigenvalue weighted by atomic mass is 10.1. The van der Waals surface area contributed by atoms with Gasteiger partial charge in [-0.1, -0.05) is 0 Å². The fourth-order valence-electron chi connectivity index (χ4n) is 2.23. The van der Waals surface area contributed by atoms with Crippen molar-refractivity contribution in [3.8, 4) is 6.07 Å². The van der Waals surface area contributed by atoms with E-state index in [4.69, 9.17) is 5.26 Å². The molecule has 2 atom stereocenters. The molecule has 19 heavy (non-hydrogen) atoms. The summed E-state index contributed by atoms with van der Waals surface area (Å²) in [7, 11) is 0. The van der Waals surface area contributed by atoms with Crippen molar-refractivity contribution in [1.82, 2.24) is 5.32 Å². The normalized spacial score (nSPS) is 22.0. The lowest BCUT2D eigenvalue weighted by Crippen LogP contribution is -2.37. The summed E-state index contributed by atoms with van der Waals surface area (Å²) >= 11 is 0. The first kappa shape index (κ1) is 13.4. The Balaban J connectivity index is 2.15. The van der Waals surface area contributed by atoms with Crippen molar-refractivity contribution in [3.05, 3.63) is 35.1 Å². The van der Waals surface area contributed by atoms with Crippen LogP contribution in [0.4, 0.5) is 13.2 Å². The van der Waals surface area contributed by atoms with Gasteiger partial charge in [-0.2, -0.15) is 5.26 Å². The smallest absolute Gasteiger partial charge is 0.251 e. The van der Waals surface area contributed by atoms with Crippen LogP contribution in [0.25, 0.3) is 0 Å². The molecule has 1 amide bonds. The van der Waals surface area contributed by atoms with E-state index in [1.165, 1.54) is 0 Å². The molecule has 100 valence electrons. The summed E-state index contributed by atoms with van der Waals surface area (Å²) in [6, 6.07) is 3.04. The molecule has 0 saturated heterocycles. The predicted octanol–water partition coefficient (Wildman–Crippen LogP) is 2.53. The zero-order chi connectivity index (χ0) is 14.0. The van der Waals surface area contributed by atoms with Crippen molar-refractivity contribution in [3.63, 3.8) is 0 Å². The Kier molecular flexibility index (Phi) is 3.74. The lowest BCUT2D eigenvalue weighted by molar-refractivity contribution is 0.0931. The van der Waals surface area contributed by atoms with Crippen molar-refractivity contribution < 1.29 is 18.0 Å². The van der Waals surface area contributed by atoms with E-state index in [0.717, 1.165) is 6.42 Å². The van der Waals surface area contributed by atoms with Gasteiger partial charge < -0.3 is 5.32 Å². The minimum absolute atomic E-state index is 0.292. The number of nitriles is 1. The zero-order valence-corrected chi connectivity index (χ0v) is 9.92. The number of carbonyl (C=O) groups is 1. The molecule has 1 fully saturated rings. The van der Waals surface area contributed by atoms with Gasteiger partial charge in [-0.3, -0.25) is 4.79 Å². The zero-order valence-electron chi connectivity index (χ0n) is 9.92. The number of nitrogens with zero attached hydrogens (tertiary/aromatic N) is 1. The molecule has 2 unspecified atom stereocenters. The third-order valence-electron chi connectivity index (χ3n) is 3.24. The number of benzene rings is 1. The predicted molar refractivity (Wildman–Crippen MR) is 60.5 cm³/mol. The van der Waals surface area contributed by atoms with Gasteiger partial charge in [0.25, 0.3) is 5.91 Å². The van der Waals surface area contributed by atoms with Gasteiger partial charge in [-0.25, -0.2) is 13.2 Å². The molecule has 1 aliphatic carbocycles. The second kappa shape index (κ2) is 5.31. The Bertz CT molecular complexity index is 530. The lowest BCUT2D eigenvalue weighted by Gasteiger charge is -2.15. The first-order valence-electron chi connectivity index (χ1n) is 5.88. The van der Waals surface area contributed by atoms with Crippen LogP contribution < -0.4 is 5.32 Å². The molecule has 3 nitrogen and oxygen atoms in total. The molecule has 1 aromatic carbocycles. The van der Waals surface area contributed by atoms with Crippen LogP contribution in [0.3, 0.4) is 0 Å². The van der Waals surface area contributed by atoms with Crippen LogP contribution in [0.15, 0.2) is 12.1 Å². The molecule has 0 bridgehead atoms. The second-order valence-electron chi connectivity index (χ2n) is 4.50. The quantitative estimate of drug-likeness (QED) is 0.838. The molecule has 1 N–H and O–H groups in total. The molecular weight excluding hydrogens is 257 g/mol. The van der Waals surface area contributed by atoms with Crippen LogP contribution in [-0.4, -0.2) is 11.9 Å². The summed E-state index contributed by atoms with van der Waals surface area (Å²) in [6.07, 6.45) is 2.15. The topological polar surface area (TPSA) is 52.9 Å². The second-order valence-corrected chi connectivity index (χ2v) is 4.50. The molecule has 1 saturated carbocycles. The van der Waals surface area contributed by atoms with E-state index in [9.17, 15) is 18.0 Å². The summed E-state index contributed by atoms with van der Waals surface area (Å²) in [5.41, 5.74) is -0.292. The van der Waals surface area contributed by atoms with E-state index in [-0.39, 0.29) is 17.5 Å². The molecule has 6 heteroatoms. The average molecular weight is 268 g/mol. The van der Waals surface area contributed by atoms with Crippen molar-refractivity contribution in [2.75, 3.05) is 0 Å². The third-order valence-corrected chi connectivity index (χ3v) is 3.24. The van der Waals surface area contributed by atoms with E-state index in [1.807, 2.05) is 0 Å². The summed E-state index contributed by atoms with van der Waals surface area (Å²) < 4.78 is 38.8. The molecule has 0 aliphatic heterocycles. The first-order valence-corrected chi connectivity index (χ1v) is 5.88. The standard InChI is InChI=1S/C13H11F3N2O/c14-9-4-8(5-10(15)12(9)16)13(19)18-11-3-1-2-7(11)6-17/h4-5,7,11H,1-3H2,(H,18,19). The van der Waals surface area contributed by atoms with Crippen molar-refractivity contribution in [1.29, 1.82) is 5.26 Å². The van der Waals surface area contributed by atoms with Gasteiger partial charge in [0.15, 0.2) is 17.5 Å². The minimum atomic E-state index is -1.60. The maximum atomic E-state index is 13.0. The van der Waals surface area contributed by atoms with Gasteiger partial charge in [-0.05, 0) is 31.4 Å². The molecule has 0 aromatic heterocycles. The number of carbonyl (C=O) groups excluding carboxylic acids is 1. The monoisotopic (exact) mass is 268 g/mol. The molecular formula is C13H11F3N2O. The van der Waals surface area contributed by atoms with E-state index in [1.54, 1.807) is 0 Å². The third kappa shape index (κ3) is 2.70. The molecule has 0 heterocycles. The largest absolute Gasteiger partial charge is 0.348 e. The Labute approximate surface area is 108 Å². The minimum Gasteiger partial charge on any atom is -0.348 e. The van der Waals surface area contributed by atoms with Crippen molar-refractivity contribution in [2.45, 2.75) is 25.3 Å². The highest BCUT2D eigenvalue weighted by atomic mass is 19.2. The summed E-state index contributed by atoms with van der Waals surface area (Å²) in [5.74, 6) is -5.42. The maximum absolute atomic E-state index is 13.0. The van der Waals surface area contributed by atoms with Crippen LogP contribution in [-0.2, 0) is 0 Å².